The summed E-state index contributed by atoms with van der Waals surface area (Å²) in [5.74, 6) is -0.355. The van der Waals surface area contributed by atoms with Crippen LogP contribution in [0.1, 0.15) is 27.6 Å². The van der Waals surface area contributed by atoms with Gasteiger partial charge >= 0.3 is 0 Å². The van der Waals surface area contributed by atoms with Crippen molar-refractivity contribution in [2.75, 3.05) is 6.54 Å². The molecule has 0 aromatic heterocycles. The van der Waals surface area contributed by atoms with Crippen LogP contribution < -0.4 is 0 Å². The van der Waals surface area contributed by atoms with Crippen molar-refractivity contribution in [2.45, 2.75) is 6.92 Å². The maximum absolute atomic E-state index is 11.5. The van der Waals surface area contributed by atoms with Crippen molar-refractivity contribution < 1.29 is 9.59 Å². The molecule has 4 heteroatoms. The first-order valence-electron chi connectivity index (χ1n) is 4.21. The summed E-state index contributed by atoms with van der Waals surface area (Å²) in [5, 5.41) is 0. The van der Waals surface area contributed by atoms with E-state index in [1.807, 2.05) is 0 Å². The van der Waals surface area contributed by atoms with Crippen molar-refractivity contribution >= 4 is 28.8 Å². The first-order valence-corrected chi connectivity index (χ1v) is 4.21. The van der Waals surface area contributed by atoms with Crippen LogP contribution in [-0.4, -0.2) is 23.3 Å². The van der Waals surface area contributed by atoms with Crippen LogP contribution in [0.15, 0.2) is 24.3 Å². The molecule has 1 aliphatic rings. The van der Waals surface area contributed by atoms with E-state index in [0.29, 0.717) is 17.7 Å². The van der Waals surface area contributed by atoms with Crippen molar-refractivity contribution in [2.24, 2.45) is 0 Å². The summed E-state index contributed by atoms with van der Waals surface area (Å²) in [5.41, 5.74) is 1.05. The second kappa shape index (κ2) is 3.92. The Balaban J connectivity index is 0.000000980. The molecule has 0 radical (unpaired) electrons. The summed E-state index contributed by atoms with van der Waals surface area (Å²) < 4.78 is 0. The van der Waals surface area contributed by atoms with E-state index in [1.165, 1.54) is 4.90 Å². The van der Waals surface area contributed by atoms with Crippen LogP contribution in [0.3, 0.4) is 0 Å². The highest BCUT2D eigenvalue weighted by atomic mass is 79.9. The molecule has 1 aliphatic heterocycles. The van der Waals surface area contributed by atoms with Gasteiger partial charge in [0.1, 0.15) is 0 Å². The fourth-order valence-electron chi connectivity index (χ4n) is 1.53. The quantitative estimate of drug-likeness (QED) is 0.719. The first-order chi connectivity index (χ1) is 6.25. The van der Waals surface area contributed by atoms with Crippen LogP contribution in [0.4, 0.5) is 0 Å². The van der Waals surface area contributed by atoms with Crippen molar-refractivity contribution in [1.82, 2.24) is 4.90 Å². The van der Waals surface area contributed by atoms with E-state index in [0.717, 1.165) is 0 Å². The average Bonchev–Trinajstić information content (AvgIpc) is 2.41. The van der Waals surface area contributed by atoms with Crippen LogP contribution in [-0.2, 0) is 0 Å². The van der Waals surface area contributed by atoms with Gasteiger partial charge in [0.15, 0.2) is 0 Å². The Morgan fingerprint density at radius 3 is 1.86 bits per heavy atom. The van der Waals surface area contributed by atoms with Gasteiger partial charge in [0.05, 0.1) is 11.1 Å². The van der Waals surface area contributed by atoms with E-state index < -0.39 is 0 Å². The third-order valence-electron chi connectivity index (χ3n) is 2.19. The summed E-state index contributed by atoms with van der Waals surface area (Å²) in [6, 6.07) is 6.91. The Morgan fingerprint density at radius 1 is 1.07 bits per heavy atom. The molecule has 0 atom stereocenters. The van der Waals surface area contributed by atoms with E-state index in [-0.39, 0.29) is 28.8 Å². The molecule has 2 rings (SSSR count). The molecule has 3 nitrogen and oxygen atoms in total. The zero-order chi connectivity index (χ0) is 9.42. The van der Waals surface area contributed by atoms with Gasteiger partial charge < -0.3 is 0 Å². The highest BCUT2D eigenvalue weighted by Crippen LogP contribution is 2.21. The molecule has 1 aromatic carbocycles. The van der Waals surface area contributed by atoms with Crippen molar-refractivity contribution in [3.05, 3.63) is 35.4 Å². The maximum atomic E-state index is 11.5. The average molecular weight is 256 g/mol. The molecule has 0 saturated carbocycles. The number of benzene rings is 1. The minimum absolute atomic E-state index is 0. The van der Waals surface area contributed by atoms with Gasteiger partial charge in [-0.15, -0.1) is 17.0 Å². The Labute approximate surface area is 92.5 Å². The summed E-state index contributed by atoms with van der Waals surface area (Å²) in [6.45, 7) is 2.23. The van der Waals surface area contributed by atoms with Gasteiger partial charge in [-0.1, -0.05) is 12.1 Å². The maximum Gasteiger partial charge on any atom is 0.261 e. The summed E-state index contributed by atoms with van der Waals surface area (Å²) >= 11 is 0. The van der Waals surface area contributed by atoms with E-state index in [2.05, 4.69) is 0 Å². The third kappa shape index (κ3) is 1.35. The van der Waals surface area contributed by atoms with Gasteiger partial charge in [0.2, 0.25) is 0 Å². The number of imide groups is 1. The smallest absolute Gasteiger partial charge is 0.261 e. The van der Waals surface area contributed by atoms with E-state index in [9.17, 15) is 9.59 Å². The van der Waals surface area contributed by atoms with E-state index in [1.54, 1.807) is 31.2 Å². The zero-order valence-electron chi connectivity index (χ0n) is 7.69. The lowest BCUT2D eigenvalue weighted by Gasteiger charge is -2.08. The minimum atomic E-state index is -0.178. The second-order valence-electron chi connectivity index (χ2n) is 2.90. The first kappa shape index (κ1) is 10.9. The molecule has 0 aliphatic carbocycles. The lowest BCUT2D eigenvalue weighted by molar-refractivity contribution is 0.0663. The van der Waals surface area contributed by atoms with Gasteiger partial charge in [0, 0.05) is 6.54 Å². The number of carbonyl (C=O) groups is 2. The van der Waals surface area contributed by atoms with Gasteiger partial charge in [0.25, 0.3) is 11.8 Å². The minimum Gasteiger partial charge on any atom is -0.275 e. The number of fused-ring (bicyclic) bond motifs is 1. The molecule has 0 saturated heterocycles. The fraction of sp³-hybridized carbons (Fsp3) is 0.200. The number of hydrogen-bond acceptors (Lipinski definition) is 2. The van der Waals surface area contributed by atoms with Crippen LogP contribution >= 0.6 is 17.0 Å². The van der Waals surface area contributed by atoms with Crippen molar-refractivity contribution in [1.29, 1.82) is 0 Å². The molecule has 74 valence electrons. The molecule has 0 spiro atoms. The molecule has 1 heterocycles. The van der Waals surface area contributed by atoms with E-state index >= 15 is 0 Å². The van der Waals surface area contributed by atoms with Crippen LogP contribution in [0.2, 0.25) is 0 Å². The Bertz CT molecular complexity index is 354. The number of rotatable bonds is 1. The van der Waals surface area contributed by atoms with Crippen LogP contribution in [0.5, 0.6) is 0 Å². The van der Waals surface area contributed by atoms with Gasteiger partial charge in [-0.05, 0) is 19.1 Å². The Kier molecular flexibility index (Phi) is 3.06. The van der Waals surface area contributed by atoms with Crippen molar-refractivity contribution in [3.63, 3.8) is 0 Å². The van der Waals surface area contributed by atoms with Gasteiger partial charge in [-0.2, -0.15) is 0 Å². The largest absolute Gasteiger partial charge is 0.275 e. The van der Waals surface area contributed by atoms with Crippen LogP contribution in [0, 0.1) is 0 Å². The normalized spacial score (nSPS) is 13.9. The van der Waals surface area contributed by atoms with Crippen LogP contribution in [0.25, 0.3) is 0 Å². The molecule has 0 N–H and O–H groups in total. The SMILES string of the molecule is Br.CCN1C(=O)c2ccccc2C1=O. The summed E-state index contributed by atoms with van der Waals surface area (Å²) in [7, 11) is 0. The second-order valence-corrected chi connectivity index (χ2v) is 2.90. The molecular formula is C10H10BrNO2. The fourth-order valence-corrected chi connectivity index (χ4v) is 1.53. The van der Waals surface area contributed by atoms with Crippen molar-refractivity contribution in [3.8, 4) is 0 Å². The third-order valence-corrected chi connectivity index (χ3v) is 2.19. The molecule has 14 heavy (non-hydrogen) atoms. The Hall–Kier alpha value is -1.16. The standard InChI is InChI=1S/C10H9NO2.BrH/c1-2-11-9(12)7-5-3-4-6-8(7)10(11)13;/h3-6H,2H2,1H3;1H. The molecule has 0 unspecified atom stereocenters. The number of amides is 2. The molecular weight excluding hydrogens is 246 g/mol. The monoisotopic (exact) mass is 255 g/mol. The summed E-state index contributed by atoms with van der Waals surface area (Å²) in [4.78, 5) is 24.3. The highest BCUT2D eigenvalue weighted by Gasteiger charge is 2.33. The Morgan fingerprint density at radius 2 is 1.50 bits per heavy atom. The predicted molar refractivity (Wildman–Crippen MR) is 57.8 cm³/mol. The summed E-state index contributed by atoms with van der Waals surface area (Å²) in [6.07, 6.45) is 0. The van der Waals surface area contributed by atoms with E-state index in [4.69, 9.17) is 0 Å². The van der Waals surface area contributed by atoms with Gasteiger partial charge in [-0.25, -0.2) is 0 Å². The molecule has 1 aromatic rings. The highest BCUT2D eigenvalue weighted by molar-refractivity contribution is 8.93. The topological polar surface area (TPSA) is 37.4 Å². The molecule has 2 amide bonds. The number of nitrogens with zero attached hydrogens (tertiary/aromatic N) is 1. The lowest BCUT2D eigenvalue weighted by Crippen LogP contribution is -2.29. The molecule has 0 fully saturated rings. The number of halogens is 1. The number of carbonyl (C=O) groups excluding carboxylic acids is 2. The number of hydrogen-bond donors (Lipinski definition) is 0. The van der Waals surface area contributed by atoms with Gasteiger partial charge in [-0.3, -0.25) is 14.5 Å². The predicted octanol–water partition coefficient (Wildman–Crippen LogP) is 1.88. The molecule has 0 bridgehead atoms. The lowest BCUT2D eigenvalue weighted by atomic mass is 10.1. The zero-order valence-corrected chi connectivity index (χ0v) is 9.40.